The van der Waals surface area contributed by atoms with E-state index in [0.29, 0.717) is 67.4 Å². The molecule has 11 nitrogen and oxygen atoms in total. The second kappa shape index (κ2) is 15.3. The van der Waals surface area contributed by atoms with Gasteiger partial charge in [0.1, 0.15) is 47.6 Å². The normalized spacial score (nSPS) is 10.6. The van der Waals surface area contributed by atoms with Crippen molar-refractivity contribution in [2.45, 2.75) is 19.8 Å². The minimum atomic E-state index is -0.309. The van der Waals surface area contributed by atoms with Crippen molar-refractivity contribution in [2.24, 2.45) is 0 Å². The van der Waals surface area contributed by atoms with Crippen molar-refractivity contribution in [1.29, 1.82) is 0 Å². The molecule has 0 saturated carbocycles. The number of aliphatic hydroxyl groups is 2. The molecule has 0 bridgehead atoms. The van der Waals surface area contributed by atoms with E-state index in [1.807, 2.05) is 30.3 Å². The van der Waals surface area contributed by atoms with Gasteiger partial charge in [0.25, 0.3) is 0 Å². The third-order valence-corrected chi connectivity index (χ3v) is 6.98. The van der Waals surface area contributed by atoms with Gasteiger partial charge in [-0.25, -0.2) is 19.3 Å². The number of aromatic nitrogens is 6. The van der Waals surface area contributed by atoms with Crippen LogP contribution in [-0.4, -0.2) is 40.1 Å². The molecule has 7 aromatic rings. The summed E-state index contributed by atoms with van der Waals surface area (Å²) in [6, 6.07) is 24.4. The van der Waals surface area contributed by atoms with Crippen LogP contribution in [0, 0.1) is 5.82 Å². The summed E-state index contributed by atoms with van der Waals surface area (Å²) in [5.74, 6) is 1.90. The minimum Gasteiger partial charge on any atom is -0.487 e. The van der Waals surface area contributed by atoms with Crippen molar-refractivity contribution < 1.29 is 24.1 Å². The van der Waals surface area contributed by atoms with Crippen molar-refractivity contribution in [3.8, 4) is 17.4 Å². The lowest BCUT2D eigenvalue weighted by atomic mass is 10.2. The molecule has 47 heavy (non-hydrogen) atoms. The Hall–Kier alpha value is -5.27. The monoisotopic (exact) mass is 675 g/mol. The fourth-order valence-electron chi connectivity index (χ4n) is 4.53. The number of nitrogens with one attached hydrogen (secondary N) is 3. The summed E-state index contributed by atoms with van der Waals surface area (Å²) < 4.78 is 24.6. The van der Waals surface area contributed by atoms with Gasteiger partial charge in [-0.2, -0.15) is 4.98 Å². The molecule has 0 spiro atoms. The van der Waals surface area contributed by atoms with Gasteiger partial charge in [0.05, 0.1) is 29.3 Å². The van der Waals surface area contributed by atoms with Gasteiger partial charge in [0.2, 0.25) is 5.88 Å². The average molecular weight is 677 g/mol. The largest absolute Gasteiger partial charge is 0.487 e. The maximum atomic E-state index is 13.3. The van der Waals surface area contributed by atoms with E-state index in [-0.39, 0.29) is 38.0 Å². The summed E-state index contributed by atoms with van der Waals surface area (Å²) in [7, 11) is 0. The molecule has 4 heterocycles. The van der Waals surface area contributed by atoms with Gasteiger partial charge in [-0.05, 0) is 60.2 Å². The van der Waals surface area contributed by atoms with Crippen molar-refractivity contribution in [2.75, 3.05) is 5.32 Å². The predicted molar refractivity (Wildman–Crippen MR) is 179 cm³/mol. The Morgan fingerprint density at radius 1 is 0.766 bits per heavy atom. The lowest BCUT2D eigenvalue weighted by molar-refractivity contribution is 0.277. The van der Waals surface area contributed by atoms with Crippen LogP contribution in [0.25, 0.3) is 22.1 Å². The zero-order valence-corrected chi connectivity index (χ0v) is 26.1. The van der Waals surface area contributed by atoms with Gasteiger partial charge >= 0.3 is 0 Å². The molecule has 4 aromatic heterocycles. The highest BCUT2D eigenvalue weighted by Crippen LogP contribution is 2.31. The Balaban J connectivity index is 0.000000197. The number of anilines is 2. The Bertz CT molecular complexity index is 2090. The van der Waals surface area contributed by atoms with Gasteiger partial charge in [-0.1, -0.05) is 41.9 Å². The number of aliphatic hydroxyl groups excluding tert-OH is 2. The Morgan fingerprint density at radius 3 is 2.17 bits per heavy atom. The number of hydrogen-bond donors (Lipinski definition) is 5. The molecule has 0 unspecified atom stereocenters. The third kappa shape index (κ3) is 8.12. The topological polar surface area (TPSA) is 154 Å². The summed E-state index contributed by atoms with van der Waals surface area (Å²) in [5.41, 5.74) is 5.56. The maximum Gasteiger partial charge on any atom is 0.247 e. The van der Waals surface area contributed by atoms with Gasteiger partial charge < -0.3 is 35.0 Å². The van der Waals surface area contributed by atoms with Crippen LogP contribution in [0.2, 0.25) is 5.02 Å². The van der Waals surface area contributed by atoms with E-state index in [4.69, 9.17) is 26.2 Å². The quantitative estimate of drug-likeness (QED) is 0.107. The van der Waals surface area contributed by atoms with Crippen LogP contribution in [0.15, 0.2) is 97.6 Å². The van der Waals surface area contributed by atoms with Gasteiger partial charge in [0.15, 0.2) is 5.82 Å². The van der Waals surface area contributed by atoms with E-state index in [1.54, 1.807) is 42.5 Å². The first-order chi connectivity index (χ1) is 22.5. The summed E-state index contributed by atoms with van der Waals surface area (Å²) >= 11 is 6.33. The van der Waals surface area contributed by atoms with E-state index < -0.39 is 0 Å². The second-order valence-electron chi connectivity index (χ2n) is 9.93. The van der Waals surface area contributed by atoms with Crippen LogP contribution in [-0.2, 0) is 19.8 Å². The molecule has 0 radical (unpaired) electrons. The van der Waals surface area contributed by atoms with Crippen LogP contribution in [0.4, 0.5) is 15.9 Å². The Morgan fingerprint density at radius 2 is 1.47 bits per heavy atom. The molecular weight excluding hydrogens is 648 g/mol. The predicted octanol–water partition coefficient (Wildman–Crippen LogP) is 7.23. The van der Waals surface area contributed by atoms with E-state index in [9.17, 15) is 9.50 Å². The highest BCUT2D eigenvalue weighted by atomic mass is 35.5. The van der Waals surface area contributed by atoms with Gasteiger partial charge in [-0.15, -0.1) is 12.4 Å². The first-order valence-corrected chi connectivity index (χ1v) is 14.4. The Labute approximate surface area is 278 Å². The van der Waals surface area contributed by atoms with Crippen LogP contribution in [0.1, 0.15) is 17.0 Å². The molecule has 7 rings (SSSR count). The first kappa shape index (κ1) is 33.1. The summed E-state index contributed by atoms with van der Waals surface area (Å²) in [4.78, 5) is 22.8. The number of hydrogen-bond acceptors (Lipinski definition) is 9. The van der Waals surface area contributed by atoms with Crippen LogP contribution < -0.4 is 14.8 Å². The van der Waals surface area contributed by atoms with Gasteiger partial charge in [0, 0.05) is 17.1 Å². The highest BCUT2D eigenvalue weighted by molar-refractivity contribution is 6.32. The molecule has 5 N–H and O–H groups in total. The standard InChI is InChI=1S/C20H16ClFN4O2.C13H11N3O2.ClH/c21-16-7-14(4-5-18(16)28-10-12-2-1-3-13(22)6-12)26-20-19-17(23-11-24-20)8-15(9-27)25-19;17-7-9-6-11-12(16-9)13(15-8-14-11)18-10-4-2-1-3-5-10;/h1-8,11,25,27H,9-10H2,(H,23,24,26);1-6,8,16-17H,7H2;1H. The molecule has 240 valence electrons. The summed E-state index contributed by atoms with van der Waals surface area (Å²) in [6.07, 6.45) is 2.88. The first-order valence-electron chi connectivity index (χ1n) is 14.0. The van der Waals surface area contributed by atoms with Crippen molar-refractivity contribution in [3.63, 3.8) is 0 Å². The summed E-state index contributed by atoms with van der Waals surface area (Å²) in [5, 5.41) is 22.0. The molecule has 14 heteroatoms. The van der Waals surface area contributed by atoms with Crippen LogP contribution in [0.3, 0.4) is 0 Å². The smallest absolute Gasteiger partial charge is 0.247 e. The number of nitrogens with zero attached hydrogens (tertiary/aromatic N) is 4. The number of rotatable bonds is 9. The lowest BCUT2D eigenvalue weighted by Gasteiger charge is -2.11. The molecule has 0 aliphatic rings. The molecule has 3 aromatic carbocycles. The number of ether oxygens (including phenoxy) is 2. The lowest BCUT2D eigenvalue weighted by Crippen LogP contribution is -1.98. The molecular formula is C33H28Cl2FN7O4. The molecule has 0 aliphatic carbocycles. The number of fused-ring (bicyclic) bond motifs is 2. The van der Waals surface area contributed by atoms with Crippen molar-refractivity contribution >= 4 is 57.6 Å². The highest BCUT2D eigenvalue weighted by Gasteiger charge is 2.11. The molecule has 0 fully saturated rings. The number of benzene rings is 3. The van der Waals surface area contributed by atoms with E-state index in [0.717, 1.165) is 5.52 Å². The summed E-state index contributed by atoms with van der Waals surface area (Å²) in [6.45, 7) is 0.0311. The zero-order chi connectivity index (χ0) is 31.9. The fourth-order valence-corrected chi connectivity index (χ4v) is 4.76. The molecule has 0 saturated heterocycles. The Kier molecular flexibility index (Phi) is 10.8. The van der Waals surface area contributed by atoms with Crippen LogP contribution in [0.5, 0.6) is 17.4 Å². The second-order valence-corrected chi connectivity index (χ2v) is 10.3. The number of aromatic amines is 2. The van der Waals surface area contributed by atoms with E-state index in [2.05, 4.69) is 35.2 Å². The number of halogens is 3. The average Bonchev–Trinajstić information content (AvgIpc) is 3.71. The fraction of sp³-hybridized carbons (Fsp3) is 0.0909. The van der Waals surface area contributed by atoms with Gasteiger partial charge in [-0.3, -0.25) is 0 Å². The SMILES string of the molecule is Cl.OCc1cc2ncnc(Nc3ccc(OCc4cccc(F)c4)c(Cl)c3)c2[nH]1.OCc1cc2ncnc(Oc3ccccc3)c2[nH]1. The molecule has 0 aliphatic heterocycles. The van der Waals surface area contributed by atoms with Crippen molar-refractivity contribution in [3.05, 3.63) is 125 Å². The molecule has 0 amide bonds. The maximum absolute atomic E-state index is 13.3. The molecule has 0 atom stereocenters. The van der Waals surface area contributed by atoms with E-state index >= 15 is 0 Å². The van der Waals surface area contributed by atoms with Crippen molar-refractivity contribution in [1.82, 2.24) is 29.9 Å². The zero-order valence-electron chi connectivity index (χ0n) is 24.5. The number of H-pyrrole nitrogens is 2. The number of para-hydroxylation sites is 1. The van der Waals surface area contributed by atoms with E-state index in [1.165, 1.54) is 24.8 Å². The minimum absolute atomic E-state index is 0. The van der Waals surface area contributed by atoms with Crippen LogP contribution >= 0.6 is 24.0 Å². The third-order valence-electron chi connectivity index (χ3n) is 6.69.